The summed E-state index contributed by atoms with van der Waals surface area (Å²) in [5.74, 6) is -0.245. The quantitative estimate of drug-likeness (QED) is 0.819. The van der Waals surface area contributed by atoms with Gasteiger partial charge in [-0.2, -0.15) is 0 Å². The highest BCUT2D eigenvalue weighted by Gasteiger charge is 2.09. The molecule has 6 heteroatoms. The molecule has 2 aromatic rings. The topological polar surface area (TPSA) is 75.3 Å². The number of hydrogen-bond acceptors (Lipinski definition) is 3. The van der Waals surface area contributed by atoms with Crippen LogP contribution in [0.1, 0.15) is 16.7 Å². The molecule has 2 aromatic carbocycles. The van der Waals surface area contributed by atoms with E-state index in [2.05, 4.69) is 10.0 Å². The molecule has 1 amide bonds. The molecule has 0 spiro atoms. The molecule has 0 aliphatic carbocycles. The van der Waals surface area contributed by atoms with Crippen LogP contribution in [-0.2, 0) is 14.8 Å². The molecule has 0 saturated heterocycles. The summed E-state index contributed by atoms with van der Waals surface area (Å²) in [5, 5.41) is 2.79. The average molecular weight is 344 g/mol. The van der Waals surface area contributed by atoms with Gasteiger partial charge in [-0.15, -0.1) is 0 Å². The summed E-state index contributed by atoms with van der Waals surface area (Å²) in [4.78, 5) is 12.1. The maximum absolute atomic E-state index is 12.0. The fourth-order valence-corrected chi connectivity index (χ4v) is 2.78. The van der Waals surface area contributed by atoms with Crippen molar-refractivity contribution in [3.8, 4) is 0 Å². The molecule has 0 bridgehead atoms. The Morgan fingerprint density at radius 3 is 2.25 bits per heavy atom. The van der Waals surface area contributed by atoms with Gasteiger partial charge >= 0.3 is 0 Å². The predicted molar refractivity (Wildman–Crippen MR) is 96.3 cm³/mol. The average Bonchev–Trinajstić information content (AvgIpc) is 2.57. The number of benzene rings is 2. The van der Waals surface area contributed by atoms with Crippen LogP contribution in [0.25, 0.3) is 6.08 Å². The Bertz CT molecular complexity index is 870. The van der Waals surface area contributed by atoms with Gasteiger partial charge in [0.05, 0.1) is 4.90 Å². The van der Waals surface area contributed by atoms with Crippen LogP contribution in [0.5, 0.6) is 0 Å². The molecular formula is C18H20N2O3S. The first-order chi connectivity index (χ1) is 11.3. The molecule has 0 unspecified atom stereocenters. The Hall–Kier alpha value is -2.44. The van der Waals surface area contributed by atoms with Gasteiger partial charge in [-0.3, -0.25) is 4.79 Å². The number of amides is 1. The third kappa shape index (κ3) is 4.53. The van der Waals surface area contributed by atoms with E-state index in [1.807, 2.05) is 32.0 Å². The second-order valence-electron chi connectivity index (χ2n) is 5.40. The first-order valence-corrected chi connectivity index (χ1v) is 8.90. The van der Waals surface area contributed by atoms with E-state index >= 15 is 0 Å². The van der Waals surface area contributed by atoms with Crippen molar-refractivity contribution in [3.63, 3.8) is 0 Å². The summed E-state index contributed by atoms with van der Waals surface area (Å²) in [6.07, 6.45) is 3.04. The van der Waals surface area contributed by atoms with Gasteiger partial charge in [0, 0.05) is 11.8 Å². The van der Waals surface area contributed by atoms with Gasteiger partial charge in [0.2, 0.25) is 15.9 Å². The molecule has 0 heterocycles. The van der Waals surface area contributed by atoms with E-state index in [-0.39, 0.29) is 10.8 Å². The molecule has 5 nitrogen and oxygen atoms in total. The van der Waals surface area contributed by atoms with E-state index < -0.39 is 10.0 Å². The minimum atomic E-state index is -3.45. The van der Waals surface area contributed by atoms with Crippen molar-refractivity contribution in [2.45, 2.75) is 18.7 Å². The van der Waals surface area contributed by atoms with E-state index in [1.165, 1.54) is 30.8 Å². The summed E-state index contributed by atoms with van der Waals surface area (Å²) in [7, 11) is -2.09. The highest BCUT2D eigenvalue weighted by molar-refractivity contribution is 7.89. The van der Waals surface area contributed by atoms with Crippen molar-refractivity contribution in [2.24, 2.45) is 0 Å². The van der Waals surface area contributed by atoms with E-state index in [0.29, 0.717) is 0 Å². The van der Waals surface area contributed by atoms with Gasteiger partial charge in [0.1, 0.15) is 0 Å². The molecule has 0 aliphatic heterocycles. The van der Waals surface area contributed by atoms with Gasteiger partial charge in [0.15, 0.2) is 0 Å². The first-order valence-electron chi connectivity index (χ1n) is 7.42. The lowest BCUT2D eigenvalue weighted by Gasteiger charge is -2.05. The standard InChI is InChI=1S/C18H20N2O3S/c1-13-4-8-16(12-14(13)2)20-18(21)11-7-15-5-9-17(10-6-15)24(22,23)19-3/h4-12,19H,1-3H3,(H,20,21)/b11-7+. The highest BCUT2D eigenvalue weighted by Crippen LogP contribution is 2.15. The number of aryl methyl sites for hydroxylation is 2. The SMILES string of the molecule is CNS(=O)(=O)c1ccc(/C=C/C(=O)Nc2ccc(C)c(C)c2)cc1. The number of anilines is 1. The van der Waals surface area contributed by atoms with Gasteiger partial charge in [-0.05, 0) is 67.9 Å². The van der Waals surface area contributed by atoms with Crippen LogP contribution in [0.4, 0.5) is 5.69 Å². The van der Waals surface area contributed by atoms with E-state index in [0.717, 1.165) is 16.8 Å². The van der Waals surface area contributed by atoms with E-state index in [4.69, 9.17) is 0 Å². The Balaban J connectivity index is 2.04. The maximum Gasteiger partial charge on any atom is 0.248 e. The number of hydrogen-bond donors (Lipinski definition) is 2. The second kappa shape index (κ2) is 7.42. The monoisotopic (exact) mass is 344 g/mol. The van der Waals surface area contributed by atoms with Gasteiger partial charge in [-0.25, -0.2) is 13.1 Å². The van der Waals surface area contributed by atoms with E-state index in [9.17, 15) is 13.2 Å². The van der Waals surface area contributed by atoms with Crippen LogP contribution >= 0.6 is 0 Å². The van der Waals surface area contributed by atoms with Crippen molar-refractivity contribution >= 4 is 27.7 Å². The normalized spacial score (nSPS) is 11.6. The van der Waals surface area contributed by atoms with E-state index in [1.54, 1.807) is 18.2 Å². The number of carbonyl (C=O) groups excluding carboxylic acids is 1. The van der Waals surface area contributed by atoms with Crippen LogP contribution in [-0.4, -0.2) is 21.4 Å². The predicted octanol–water partition coefficient (Wildman–Crippen LogP) is 2.86. The van der Waals surface area contributed by atoms with Crippen molar-refractivity contribution in [1.29, 1.82) is 0 Å². The van der Waals surface area contributed by atoms with Gasteiger partial charge < -0.3 is 5.32 Å². The minimum absolute atomic E-state index is 0.182. The summed E-state index contributed by atoms with van der Waals surface area (Å²) in [5.41, 5.74) is 3.75. The smallest absolute Gasteiger partial charge is 0.248 e. The number of carbonyl (C=O) groups is 1. The molecule has 0 aliphatic rings. The first kappa shape index (κ1) is 17.9. The zero-order valence-corrected chi connectivity index (χ0v) is 14.6. The lowest BCUT2D eigenvalue weighted by Crippen LogP contribution is -2.18. The van der Waals surface area contributed by atoms with Crippen molar-refractivity contribution < 1.29 is 13.2 Å². The Morgan fingerprint density at radius 2 is 1.67 bits per heavy atom. The summed E-state index contributed by atoms with van der Waals surface area (Å²) in [6.45, 7) is 4.00. The summed E-state index contributed by atoms with van der Waals surface area (Å²) < 4.78 is 25.5. The lowest BCUT2D eigenvalue weighted by atomic mass is 10.1. The molecule has 126 valence electrons. The van der Waals surface area contributed by atoms with Crippen molar-refractivity contribution in [1.82, 2.24) is 4.72 Å². The van der Waals surface area contributed by atoms with Crippen molar-refractivity contribution in [3.05, 3.63) is 65.2 Å². The zero-order chi connectivity index (χ0) is 17.7. The Kier molecular flexibility index (Phi) is 5.54. The maximum atomic E-state index is 12.0. The molecule has 0 atom stereocenters. The van der Waals surface area contributed by atoms with Crippen LogP contribution < -0.4 is 10.0 Å². The minimum Gasteiger partial charge on any atom is -0.323 e. The summed E-state index contributed by atoms with van der Waals surface area (Å²) >= 11 is 0. The molecule has 0 aromatic heterocycles. The lowest BCUT2D eigenvalue weighted by molar-refractivity contribution is -0.111. The Labute approximate surface area is 142 Å². The van der Waals surface area contributed by atoms with Crippen LogP contribution in [0.3, 0.4) is 0 Å². The van der Waals surface area contributed by atoms with Crippen molar-refractivity contribution in [2.75, 3.05) is 12.4 Å². The third-order valence-corrected chi connectivity index (χ3v) is 5.09. The number of rotatable bonds is 5. The largest absolute Gasteiger partial charge is 0.323 e. The van der Waals surface area contributed by atoms with Crippen LogP contribution in [0.15, 0.2) is 53.4 Å². The molecule has 0 saturated carbocycles. The molecular weight excluding hydrogens is 324 g/mol. The number of sulfonamides is 1. The second-order valence-corrected chi connectivity index (χ2v) is 7.28. The highest BCUT2D eigenvalue weighted by atomic mass is 32.2. The fraction of sp³-hybridized carbons (Fsp3) is 0.167. The van der Waals surface area contributed by atoms with Gasteiger partial charge in [-0.1, -0.05) is 18.2 Å². The molecule has 2 N–H and O–H groups in total. The number of nitrogens with one attached hydrogen (secondary N) is 2. The third-order valence-electron chi connectivity index (χ3n) is 3.66. The summed E-state index contributed by atoms with van der Waals surface area (Å²) in [6, 6.07) is 12.0. The van der Waals surface area contributed by atoms with Crippen LogP contribution in [0.2, 0.25) is 0 Å². The molecule has 24 heavy (non-hydrogen) atoms. The van der Waals surface area contributed by atoms with Crippen LogP contribution in [0, 0.1) is 13.8 Å². The molecule has 2 rings (SSSR count). The Morgan fingerprint density at radius 1 is 1.00 bits per heavy atom. The fourth-order valence-electron chi connectivity index (χ4n) is 2.05. The van der Waals surface area contributed by atoms with Gasteiger partial charge in [0.25, 0.3) is 0 Å². The zero-order valence-electron chi connectivity index (χ0n) is 13.8. The molecule has 0 fully saturated rings. The molecule has 0 radical (unpaired) electrons.